The van der Waals surface area contributed by atoms with E-state index < -0.39 is 11.4 Å². The van der Waals surface area contributed by atoms with Gasteiger partial charge in [0.25, 0.3) is 0 Å². The Morgan fingerprint density at radius 1 is 1.26 bits per heavy atom. The molecule has 0 amide bonds. The third-order valence-corrected chi connectivity index (χ3v) is 4.62. The lowest BCUT2D eigenvalue weighted by molar-refractivity contribution is -0.142. The van der Waals surface area contributed by atoms with Crippen LogP contribution in [0.4, 0.5) is 5.69 Å². The van der Waals surface area contributed by atoms with Gasteiger partial charge in [0.1, 0.15) is 0 Å². The van der Waals surface area contributed by atoms with Gasteiger partial charge in [-0.25, -0.2) is 0 Å². The maximum Gasteiger partial charge on any atom is 0.311 e. The summed E-state index contributed by atoms with van der Waals surface area (Å²) in [6, 6.07) is 6.62. The van der Waals surface area contributed by atoms with E-state index >= 15 is 0 Å². The van der Waals surface area contributed by atoms with Crippen LogP contribution in [-0.2, 0) is 17.6 Å². The molecule has 0 bridgehead atoms. The Balaban J connectivity index is 1.77. The molecular formula is C16H21NO2. The van der Waals surface area contributed by atoms with E-state index in [1.54, 1.807) is 0 Å². The van der Waals surface area contributed by atoms with Gasteiger partial charge in [-0.2, -0.15) is 0 Å². The molecule has 1 fully saturated rings. The summed E-state index contributed by atoms with van der Waals surface area (Å²) in [5, 5.41) is 9.26. The van der Waals surface area contributed by atoms with Crippen LogP contribution in [0.2, 0.25) is 0 Å². The standard InChI is InChI=1S/C16H21NO2/c1-17(11-16(8-9-16)15(18)19)14-7-6-12-4-2-3-5-13(12)10-14/h6-7,10H,2-5,8-9,11H2,1H3,(H,18,19). The van der Waals surface area contributed by atoms with Crippen LogP contribution in [0.25, 0.3) is 0 Å². The monoisotopic (exact) mass is 259 g/mol. The minimum absolute atomic E-state index is 0.481. The molecule has 0 radical (unpaired) electrons. The zero-order valence-corrected chi connectivity index (χ0v) is 11.5. The molecular weight excluding hydrogens is 238 g/mol. The Bertz CT molecular complexity index is 505. The summed E-state index contributed by atoms with van der Waals surface area (Å²) in [6.07, 6.45) is 6.57. The van der Waals surface area contributed by atoms with Crippen molar-refractivity contribution in [1.82, 2.24) is 0 Å². The summed E-state index contributed by atoms with van der Waals surface area (Å²) < 4.78 is 0. The van der Waals surface area contributed by atoms with Crippen molar-refractivity contribution in [3.63, 3.8) is 0 Å². The molecule has 0 saturated heterocycles. The fraction of sp³-hybridized carbons (Fsp3) is 0.562. The molecule has 3 rings (SSSR count). The average molecular weight is 259 g/mol. The molecule has 2 aliphatic carbocycles. The fourth-order valence-corrected chi connectivity index (χ4v) is 3.09. The summed E-state index contributed by atoms with van der Waals surface area (Å²) in [6.45, 7) is 0.626. The van der Waals surface area contributed by atoms with Crippen LogP contribution < -0.4 is 4.90 Å². The van der Waals surface area contributed by atoms with Crippen molar-refractivity contribution in [2.75, 3.05) is 18.5 Å². The van der Waals surface area contributed by atoms with Crippen molar-refractivity contribution < 1.29 is 9.90 Å². The van der Waals surface area contributed by atoms with Crippen molar-refractivity contribution in [1.29, 1.82) is 0 Å². The first kappa shape index (κ1) is 12.5. The molecule has 1 aromatic carbocycles. The first-order chi connectivity index (χ1) is 9.11. The Hall–Kier alpha value is -1.51. The van der Waals surface area contributed by atoms with Gasteiger partial charge in [-0.3, -0.25) is 4.79 Å². The van der Waals surface area contributed by atoms with Crippen molar-refractivity contribution in [3.05, 3.63) is 29.3 Å². The molecule has 0 aromatic heterocycles. The largest absolute Gasteiger partial charge is 0.481 e. The van der Waals surface area contributed by atoms with E-state index in [1.807, 2.05) is 7.05 Å². The van der Waals surface area contributed by atoms with Crippen LogP contribution in [0.1, 0.15) is 36.8 Å². The van der Waals surface area contributed by atoms with E-state index in [0.717, 1.165) is 18.5 Å². The number of anilines is 1. The highest BCUT2D eigenvalue weighted by Gasteiger charge is 2.50. The SMILES string of the molecule is CN(CC1(C(=O)O)CC1)c1ccc2c(c1)CCCC2. The summed E-state index contributed by atoms with van der Waals surface area (Å²) in [4.78, 5) is 13.4. The van der Waals surface area contributed by atoms with Gasteiger partial charge >= 0.3 is 5.97 Å². The second-order valence-electron chi connectivity index (χ2n) is 6.10. The number of rotatable bonds is 4. The van der Waals surface area contributed by atoms with Gasteiger partial charge in [-0.15, -0.1) is 0 Å². The van der Waals surface area contributed by atoms with Gasteiger partial charge in [0.2, 0.25) is 0 Å². The second-order valence-corrected chi connectivity index (χ2v) is 6.10. The number of aryl methyl sites for hydroxylation is 2. The van der Waals surface area contributed by atoms with E-state index in [9.17, 15) is 9.90 Å². The topological polar surface area (TPSA) is 40.5 Å². The smallest absolute Gasteiger partial charge is 0.311 e. The summed E-state index contributed by atoms with van der Waals surface area (Å²) in [5.74, 6) is -0.641. The summed E-state index contributed by atoms with van der Waals surface area (Å²) in [7, 11) is 2.01. The van der Waals surface area contributed by atoms with Crippen LogP contribution in [0, 0.1) is 5.41 Å². The van der Waals surface area contributed by atoms with E-state index in [4.69, 9.17) is 0 Å². The Labute approximate surface area is 114 Å². The van der Waals surface area contributed by atoms with Crippen molar-refractivity contribution >= 4 is 11.7 Å². The van der Waals surface area contributed by atoms with Gasteiger partial charge in [-0.05, 0) is 61.8 Å². The molecule has 3 nitrogen and oxygen atoms in total. The van der Waals surface area contributed by atoms with Crippen molar-refractivity contribution in [2.45, 2.75) is 38.5 Å². The molecule has 3 heteroatoms. The number of nitrogens with zero attached hydrogens (tertiary/aromatic N) is 1. The Kier molecular flexibility index (Phi) is 3.00. The van der Waals surface area contributed by atoms with Crippen LogP contribution in [0.3, 0.4) is 0 Å². The van der Waals surface area contributed by atoms with E-state index in [0.29, 0.717) is 6.54 Å². The van der Waals surface area contributed by atoms with E-state index in [-0.39, 0.29) is 0 Å². The second kappa shape index (κ2) is 4.55. The van der Waals surface area contributed by atoms with Crippen LogP contribution >= 0.6 is 0 Å². The quantitative estimate of drug-likeness (QED) is 0.904. The summed E-state index contributed by atoms with van der Waals surface area (Å²) in [5.41, 5.74) is 3.61. The molecule has 1 aromatic rings. The highest BCUT2D eigenvalue weighted by molar-refractivity contribution is 5.78. The third-order valence-electron chi connectivity index (χ3n) is 4.62. The summed E-state index contributed by atoms with van der Waals surface area (Å²) >= 11 is 0. The van der Waals surface area contributed by atoms with Crippen molar-refractivity contribution in [2.24, 2.45) is 5.41 Å². The number of hydrogen-bond donors (Lipinski definition) is 1. The molecule has 0 unspecified atom stereocenters. The number of benzene rings is 1. The van der Waals surface area contributed by atoms with Gasteiger partial charge < -0.3 is 10.0 Å². The number of carboxylic acid groups (broad SMARTS) is 1. The van der Waals surface area contributed by atoms with Crippen LogP contribution in [0.15, 0.2) is 18.2 Å². The Morgan fingerprint density at radius 2 is 1.95 bits per heavy atom. The lowest BCUT2D eigenvalue weighted by Crippen LogP contribution is -2.31. The number of hydrogen-bond acceptors (Lipinski definition) is 2. The first-order valence-corrected chi connectivity index (χ1v) is 7.17. The predicted molar refractivity (Wildman–Crippen MR) is 75.7 cm³/mol. The zero-order valence-electron chi connectivity index (χ0n) is 11.5. The molecule has 19 heavy (non-hydrogen) atoms. The zero-order chi connectivity index (χ0) is 13.5. The molecule has 0 aliphatic heterocycles. The highest BCUT2D eigenvalue weighted by Crippen LogP contribution is 2.46. The van der Waals surface area contributed by atoms with Gasteiger partial charge in [0, 0.05) is 19.3 Å². The molecule has 1 saturated carbocycles. The number of fused-ring (bicyclic) bond motifs is 1. The van der Waals surface area contributed by atoms with Gasteiger partial charge in [-0.1, -0.05) is 6.07 Å². The molecule has 1 N–H and O–H groups in total. The molecule has 102 valence electrons. The normalized spacial score (nSPS) is 19.6. The molecule has 0 spiro atoms. The number of carbonyl (C=O) groups is 1. The average Bonchev–Trinajstić information content (AvgIpc) is 3.19. The maximum absolute atomic E-state index is 11.3. The lowest BCUT2D eigenvalue weighted by Gasteiger charge is -2.25. The molecule has 2 aliphatic rings. The number of carboxylic acids is 1. The third kappa shape index (κ3) is 2.34. The van der Waals surface area contributed by atoms with Gasteiger partial charge in [0.15, 0.2) is 0 Å². The van der Waals surface area contributed by atoms with E-state index in [2.05, 4.69) is 23.1 Å². The first-order valence-electron chi connectivity index (χ1n) is 7.17. The highest BCUT2D eigenvalue weighted by atomic mass is 16.4. The maximum atomic E-state index is 11.3. The van der Waals surface area contributed by atoms with Gasteiger partial charge in [0.05, 0.1) is 5.41 Å². The van der Waals surface area contributed by atoms with E-state index in [1.165, 1.54) is 36.8 Å². The minimum Gasteiger partial charge on any atom is -0.481 e. The fourth-order valence-electron chi connectivity index (χ4n) is 3.09. The Morgan fingerprint density at radius 3 is 2.58 bits per heavy atom. The van der Waals surface area contributed by atoms with Crippen LogP contribution in [0.5, 0.6) is 0 Å². The molecule has 0 atom stereocenters. The van der Waals surface area contributed by atoms with Crippen molar-refractivity contribution in [3.8, 4) is 0 Å². The molecule has 0 heterocycles. The van der Waals surface area contributed by atoms with Crippen LogP contribution in [-0.4, -0.2) is 24.7 Å². The number of aliphatic carboxylic acids is 1. The predicted octanol–water partition coefficient (Wildman–Crippen LogP) is 2.87. The lowest BCUT2D eigenvalue weighted by atomic mass is 9.91. The minimum atomic E-state index is -0.641.